The van der Waals surface area contributed by atoms with Gasteiger partial charge in [-0.3, -0.25) is 4.79 Å². The zero-order valence-corrected chi connectivity index (χ0v) is 14.5. The summed E-state index contributed by atoms with van der Waals surface area (Å²) >= 11 is 0. The van der Waals surface area contributed by atoms with Gasteiger partial charge in [0.1, 0.15) is 5.58 Å². The molecule has 1 fully saturated rings. The lowest BCUT2D eigenvalue weighted by Gasteiger charge is -2.20. The molecule has 0 aliphatic carbocycles. The number of furan rings is 1. The fourth-order valence-corrected chi connectivity index (χ4v) is 3.28. The van der Waals surface area contributed by atoms with Gasteiger partial charge in [0.25, 0.3) is 0 Å². The minimum Gasteiger partial charge on any atom is -0.464 e. The van der Waals surface area contributed by atoms with Crippen LogP contribution in [0.15, 0.2) is 28.9 Å². The molecule has 0 saturated carbocycles. The Bertz CT molecular complexity index is 685. The van der Waals surface area contributed by atoms with Crippen molar-refractivity contribution in [3.05, 3.63) is 35.6 Å². The molecular formula is C20H27NO2. The number of benzene rings is 1. The number of hydrogen-bond donors (Lipinski definition) is 0. The van der Waals surface area contributed by atoms with E-state index in [1.807, 2.05) is 11.0 Å². The highest BCUT2D eigenvalue weighted by atomic mass is 16.3. The van der Waals surface area contributed by atoms with Gasteiger partial charge in [-0.05, 0) is 36.0 Å². The average Bonchev–Trinajstić information content (AvgIpc) is 2.73. The molecule has 0 N–H and O–H groups in total. The molecule has 0 unspecified atom stereocenters. The van der Waals surface area contributed by atoms with Gasteiger partial charge in [0.15, 0.2) is 0 Å². The van der Waals surface area contributed by atoms with Crippen LogP contribution in [0.3, 0.4) is 0 Å². The number of carbonyl (C=O) groups is 1. The van der Waals surface area contributed by atoms with Crippen molar-refractivity contribution in [3.8, 4) is 0 Å². The van der Waals surface area contributed by atoms with E-state index >= 15 is 0 Å². The van der Waals surface area contributed by atoms with Crippen LogP contribution in [0.4, 0.5) is 0 Å². The fourth-order valence-electron chi connectivity index (χ4n) is 3.28. The van der Waals surface area contributed by atoms with Crippen LogP contribution >= 0.6 is 0 Å². The van der Waals surface area contributed by atoms with Crippen LogP contribution in [0, 0.1) is 0 Å². The molecule has 1 amide bonds. The first kappa shape index (κ1) is 16.1. The first-order valence-corrected chi connectivity index (χ1v) is 8.73. The van der Waals surface area contributed by atoms with E-state index in [2.05, 4.69) is 32.9 Å². The molecule has 1 aliphatic rings. The minimum atomic E-state index is 0.0948. The first-order valence-electron chi connectivity index (χ1n) is 8.73. The lowest BCUT2D eigenvalue weighted by molar-refractivity contribution is -0.130. The third-order valence-electron chi connectivity index (χ3n) is 4.82. The van der Waals surface area contributed by atoms with Crippen molar-refractivity contribution in [1.82, 2.24) is 4.90 Å². The number of likely N-dealkylation sites (tertiary alicyclic amines) is 1. The Hall–Kier alpha value is -1.77. The Labute approximate surface area is 138 Å². The molecule has 0 spiro atoms. The van der Waals surface area contributed by atoms with Crippen LogP contribution < -0.4 is 0 Å². The summed E-state index contributed by atoms with van der Waals surface area (Å²) in [5.74, 6) is 0.232. The Balaban J connectivity index is 1.83. The molecule has 1 saturated heterocycles. The molecule has 0 radical (unpaired) electrons. The van der Waals surface area contributed by atoms with E-state index in [1.54, 1.807) is 6.26 Å². The molecule has 3 heteroatoms. The van der Waals surface area contributed by atoms with Crippen LogP contribution in [0.1, 0.15) is 57.6 Å². The van der Waals surface area contributed by atoms with Crippen LogP contribution in [-0.2, 0) is 16.6 Å². The number of hydrogen-bond acceptors (Lipinski definition) is 2. The summed E-state index contributed by atoms with van der Waals surface area (Å²) < 4.78 is 5.66. The molecule has 2 heterocycles. The Morgan fingerprint density at radius 3 is 2.48 bits per heavy atom. The molecule has 2 aromatic rings. The van der Waals surface area contributed by atoms with Gasteiger partial charge in [0, 0.05) is 24.0 Å². The Morgan fingerprint density at radius 2 is 1.83 bits per heavy atom. The van der Waals surface area contributed by atoms with Gasteiger partial charge >= 0.3 is 0 Å². The summed E-state index contributed by atoms with van der Waals surface area (Å²) in [5.41, 5.74) is 3.25. The van der Waals surface area contributed by atoms with Crippen LogP contribution in [0.2, 0.25) is 0 Å². The molecule has 0 bridgehead atoms. The summed E-state index contributed by atoms with van der Waals surface area (Å²) in [6, 6.07) is 6.33. The fraction of sp³-hybridized carbons (Fsp3) is 0.550. The smallest absolute Gasteiger partial charge is 0.227 e. The largest absolute Gasteiger partial charge is 0.464 e. The molecule has 3 rings (SSSR count). The summed E-state index contributed by atoms with van der Waals surface area (Å²) in [5, 5.41) is 1.08. The maximum Gasteiger partial charge on any atom is 0.227 e. The van der Waals surface area contributed by atoms with Crippen molar-refractivity contribution >= 4 is 16.9 Å². The molecule has 1 aromatic heterocycles. The van der Waals surface area contributed by atoms with Gasteiger partial charge in [-0.1, -0.05) is 39.7 Å². The van der Waals surface area contributed by atoms with Gasteiger partial charge in [0.2, 0.25) is 5.91 Å². The zero-order chi connectivity index (χ0) is 16.4. The third-order valence-corrected chi connectivity index (χ3v) is 4.82. The highest BCUT2D eigenvalue weighted by molar-refractivity contribution is 5.88. The summed E-state index contributed by atoms with van der Waals surface area (Å²) in [6.07, 6.45) is 6.95. The molecule has 3 nitrogen and oxygen atoms in total. The lowest BCUT2D eigenvalue weighted by Crippen LogP contribution is -2.33. The predicted molar refractivity (Wildman–Crippen MR) is 93.7 cm³/mol. The number of amides is 1. The quantitative estimate of drug-likeness (QED) is 0.807. The summed E-state index contributed by atoms with van der Waals surface area (Å²) in [7, 11) is 0. The molecular weight excluding hydrogens is 286 g/mol. The normalized spacial score (nSPS) is 16.6. The average molecular weight is 313 g/mol. The van der Waals surface area contributed by atoms with Crippen LogP contribution in [-0.4, -0.2) is 23.9 Å². The number of carbonyl (C=O) groups excluding carboxylic acids is 1. The van der Waals surface area contributed by atoms with Crippen LogP contribution in [0.5, 0.6) is 0 Å². The third kappa shape index (κ3) is 3.60. The highest BCUT2D eigenvalue weighted by Gasteiger charge is 2.20. The van der Waals surface area contributed by atoms with Crippen LogP contribution in [0.25, 0.3) is 11.0 Å². The maximum absolute atomic E-state index is 12.6. The van der Waals surface area contributed by atoms with Gasteiger partial charge in [0.05, 0.1) is 12.7 Å². The number of fused-ring (bicyclic) bond motifs is 1. The second-order valence-electron chi connectivity index (χ2n) is 7.69. The highest BCUT2D eigenvalue weighted by Crippen LogP contribution is 2.29. The van der Waals surface area contributed by atoms with Gasteiger partial charge < -0.3 is 9.32 Å². The van der Waals surface area contributed by atoms with Crippen molar-refractivity contribution in [3.63, 3.8) is 0 Å². The molecule has 124 valence electrons. The topological polar surface area (TPSA) is 33.5 Å². The van der Waals surface area contributed by atoms with Crippen molar-refractivity contribution in [2.24, 2.45) is 0 Å². The SMILES string of the molecule is CC(C)(C)c1ccc2occ(CC(=O)N3CCCCCC3)c2c1. The standard InChI is InChI=1S/C20H27NO2/c1-20(2,3)16-8-9-18-17(13-16)15(14-23-18)12-19(22)21-10-6-4-5-7-11-21/h8-9,13-14H,4-7,10-12H2,1-3H3. The second-order valence-corrected chi connectivity index (χ2v) is 7.69. The maximum atomic E-state index is 12.6. The van der Waals surface area contributed by atoms with E-state index < -0.39 is 0 Å². The molecule has 0 atom stereocenters. The van der Waals surface area contributed by atoms with Crippen molar-refractivity contribution < 1.29 is 9.21 Å². The zero-order valence-electron chi connectivity index (χ0n) is 14.5. The number of rotatable bonds is 2. The van der Waals surface area contributed by atoms with E-state index in [1.165, 1.54) is 18.4 Å². The predicted octanol–water partition coefficient (Wildman–Crippen LogP) is 4.68. The van der Waals surface area contributed by atoms with E-state index in [-0.39, 0.29) is 11.3 Å². The minimum absolute atomic E-state index is 0.0948. The Kier molecular flexibility index (Phi) is 4.47. The number of nitrogens with zero attached hydrogens (tertiary/aromatic N) is 1. The van der Waals surface area contributed by atoms with Gasteiger partial charge in [-0.2, -0.15) is 0 Å². The first-order chi connectivity index (χ1) is 10.9. The summed E-state index contributed by atoms with van der Waals surface area (Å²) in [6.45, 7) is 8.42. The monoisotopic (exact) mass is 313 g/mol. The van der Waals surface area contributed by atoms with Gasteiger partial charge in [-0.25, -0.2) is 0 Å². The molecule has 1 aliphatic heterocycles. The van der Waals surface area contributed by atoms with Crippen molar-refractivity contribution in [1.29, 1.82) is 0 Å². The molecule has 1 aromatic carbocycles. The van der Waals surface area contributed by atoms with E-state index in [0.717, 1.165) is 42.5 Å². The second kappa shape index (κ2) is 6.38. The van der Waals surface area contributed by atoms with E-state index in [4.69, 9.17) is 4.42 Å². The van der Waals surface area contributed by atoms with E-state index in [9.17, 15) is 4.79 Å². The Morgan fingerprint density at radius 1 is 1.13 bits per heavy atom. The van der Waals surface area contributed by atoms with Gasteiger partial charge in [-0.15, -0.1) is 0 Å². The van der Waals surface area contributed by atoms with Crippen molar-refractivity contribution in [2.75, 3.05) is 13.1 Å². The lowest BCUT2D eigenvalue weighted by atomic mass is 9.86. The van der Waals surface area contributed by atoms with E-state index in [0.29, 0.717) is 6.42 Å². The van der Waals surface area contributed by atoms with Crippen molar-refractivity contribution in [2.45, 2.75) is 58.3 Å². The molecule has 23 heavy (non-hydrogen) atoms. The summed E-state index contributed by atoms with van der Waals surface area (Å²) in [4.78, 5) is 14.7.